The van der Waals surface area contributed by atoms with Crippen molar-refractivity contribution in [1.82, 2.24) is 0 Å². The molecule has 0 spiro atoms. The third-order valence-electron chi connectivity index (χ3n) is 2.09. The number of aliphatic hydroxyl groups excluding tert-OH is 4. The highest BCUT2D eigenvalue weighted by Gasteiger charge is 2.29. The molecule has 0 amide bonds. The predicted molar refractivity (Wildman–Crippen MR) is 64.5 cm³/mol. The molecule has 0 heterocycles. The Bertz CT molecular complexity index is 235. The van der Waals surface area contributed by atoms with Crippen LogP contribution in [0.4, 0.5) is 0 Å². The van der Waals surface area contributed by atoms with Crippen molar-refractivity contribution in [3.8, 4) is 0 Å². The Morgan fingerprint density at radius 3 is 1.58 bits per heavy atom. The minimum Gasteiger partial charge on any atom is -0.479 e. The maximum atomic E-state index is 9.77. The zero-order valence-electron chi connectivity index (χ0n) is 10.8. The minimum absolute atomic E-state index is 0.177. The van der Waals surface area contributed by atoms with Gasteiger partial charge in [-0.2, -0.15) is 0 Å². The molecule has 0 rings (SSSR count). The number of aliphatic hydroxyl groups is 4. The zero-order chi connectivity index (χ0) is 15.4. The van der Waals surface area contributed by atoms with E-state index < -0.39 is 24.1 Å². The van der Waals surface area contributed by atoms with Gasteiger partial charge in [-0.1, -0.05) is 12.8 Å². The largest absolute Gasteiger partial charge is 0.479 e. The van der Waals surface area contributed by atoms with Gasteiger partial charge in [0.05, 0.1) is 6.10 Å². The standard InChI is InChI=1S/C7H16O2.C4H6O6/c1-7(9)5-3-2-4-6-8;5-1(3(7)8)2(6)4(9)10/h7-9H,2-6H2,1H3;1-2,5-6H,(H,7,8)(H,9,10). The van der Waals surface area contributed by atoms with E-state index in [1.54, 1.807) is 6.92 Å². The first kappa shape index (κ1) is 20.1. The summed E-state index contributed by atoms with van der Waals surface area (Å²) in [6.45, 7) is 2.07. The van der Waals surface area contributed by atoms with Crippen molar-refractivity contribution in [2.24, 2.45) is 0 Å². The van der Waals surface area contributed by atoms with Gasteiger partial charge < -0.3 is 30.6 Å². The lowest BCUT2D eigenvalue weighted by Crippen LogP contribution is -2.39. The first-order valence-electron chi connectivity index (χ1n) is 5.84. The van der Waals surface area contributed by atoms with E-state index in [1.807, 2.05) is 0 Å². The average molecular weight is 282 g/mol. The van der Waals surface area contributed by atoms with Crippen LogP contribution in [0.3, 0.4) is 0 Å². The van der Waals surface area contributed by atoms with E-state index in [9.17, 15) is 9.59 Å². The summed E-state index contributed by atoms with van der Waals surface area (Å²) in [5, 5.41) is 49.7. The number of rotatable bonds is 8. The normalized spacial score (nSPS) is 14.8. The predicted octanol–water partition coefficient (Wildman–Crippen LogP) is -1.20. The second kappa shape index (κ2) is 11.8. The van der Waals surface area contributed by atoms with E-state index >= 15 is 0 Å². The molecule has 6 N–H and O–H groups in total. The zero-order valence-corrected chi connectivity index (χ0v) is 10.8. The van der Waals surface area contributed by atoms with E-state index in [-0.39, 0.29) is 12.7 Å². The van der Waals surface area contributed by atoms with Gasteiger partial charge in [-0.3, -0.25) is 0 Å². The Balaban J connectivity index is 0. The van der Waals surface area contributed by atoms with Crippen LogP contribution in [0.5, 0.6) is 0 Å². The topological polar surface area (TPSA) is 156 Å². The molecule has 0 aromatic rings. The molecule has 3 unspecified atom stereocenters. The number of carbonyl (C=O) groups is 2. The van der Waals surface area contributed by atoms with Crippen molar-refractivity contribution >= 4 is 11.9 Å². The molecule has 0 bridgehead atoms. The van der Waals surface area contributed by atoms with Crippen molar-refractivity contribution < 1.29 is 40.2 Å². The summed E-state index contributed by atoms with van der Waals surface area (Å²) in [5.41, 5.74) is 0. The smallest absolute Gasteiger partial charge is 0.335 e. The summed E-state index contributed by atoms with van der Waals surface area (Å²) in [6.07, 6.45) is -0.925. The fourth-order valence-corrected chi connectivity index (χ4v) is 0.998. The summed E-state index contributed by atoms with van der Waals surface area (Å²) < 4.78 is 0. The molecular weight excluding hydrogens is 260 g/mol. The summed E-state index contributed by atoms with van der Waals surface area (Å²) in [7, 11) is 0. The molecule has 0 aromatic carbocycles. The third kappa shape index (κ3) is 13.0. The Kier molecular flexibility index (Phi) is 12.5. The molecule has 8 nitrogen and oxygen atoms in total. The Morgan fingerprint density at radius 2 is 1.32 bits per heavy atom. The monoisotopic (exact) mass is 282 g/mol. The van der Waals surface area contributed by atoms with Gasteiger partial charge in [0.25, 0.3) is 0 Å². The van der Waals surface area contributed by atoms with E-state index in [0.717, 1.165) is 25.7 Å². The fraction of sp³-hybridized carbons (Fsp3) is 0.818. The average Bonchev–Trinajstić information content (AvgIpc) is 2.33. The number of aliphatic carboxylic acids is 2. The fourth-order valence-electron chi connectivity index (χ4n) is 0.998. The number of unbranched alkanes of at least 4 members (excludes halogenated alkanes) is 2. The maximum absolute atomic E-state index is 9.77. The number of hydrogen-bond acceptors (Lipinski definition) is 6. The van der Waals surface area contributed by atoms with E-state index in [4.69, 9.17) is 30.6 Å². The van der Waals surface area contributed by atoms with Crippen LogP contribution in [-0.2, 0) is 9.59 Å². The molecule has 114 valence electrons. The number of carboxylic acid groups (broad SMARTS) is 2. The Hall–Kier alpha value is -1.22. The maximum Gasteiger partial charge on any atom is 0.335 e. The van der Waals surface area contributed by atoms with Gasteiger partial charge in [0.2, 0.25) is 0 Å². The highest BCUT2D eigenvalue weighted by atomic mass is 16.4. The molecule has 0 radical (unpaired) electrons. The van der Waals surface area contributed by atoms with Crippen molar-refractivity contribution in [3.63, 3.8) is 0 Å². The highest BCUT2D eigenvalue weighted by molar-refractivity contribution is 5.83. The highest BCUT2D eigenvalue weighted by Crippen LogP contribution is 2.01. The van der Waals surface area contributed by atoms with Crippen LogP contribution in [0.25, 0.3) is 0 Å². The van der Waals surface area contributed by atoms with Crippen molar-refractivity contribution in [1.29, 1.82) is 0 Å². The van der Waals surface area contributed by atoms with Crippen molar-refractivity contribution in [2.45, 2.75) is 50.9 Å². The number of carboxylic acids is 2. The van der Waals surface area contributed by atoms with Crippen LogP contribution in [0.2, 0.25) is 0 Å². The van der Waals surface area contributed by atoms with Gasteiger partial charge in [-0.05, 0) is 19.8 Å². The van der Waals surface area contributed by atoms with Gasteiger partial charge in [0.15, 0.2) is 12.2 Å². The molecule has 0 aromatic heterocycles. The van der Waals surface area contributed by atoms with Gasteiger partial charge >= 0.3 is 11.9 Å². The Morgan fingerprint density at radius 1 is 0.895 bits per heavy atom. The lowest BCUT2D eigenvalue weighted by Gasteiger charge is -2.07. The molecule has 19 heavy (non-hydrogen) atoms. The van der Waals surface area contributed by atoms with Gasteiger partial charge in [-0.15, -0.1) is 0 Å². The van der Waals surface area contributed by atoms with Gasteiger partial charge in [-0.25, -0.2) is 9.59 Å². The van der Waals surface area contributed by atoms with Crippen molar-refractivity contribution in [3.05, 3.63) is 0 Å². The second-order valence-electron chi connectivity index (χ2n) is 3.99. The summed E-state index contributed by atoms with van der Waals surface area (Å²) in [4.78, 5) is 19.5. The van der Waals surface area contributed by atoms with Crippen molar-refractivity contribution in [2.75, 3.05) is 6.61 Å². The Labute approximate surface area is 110 Å². The molecule has 0 aliphatic rings. The molecule has 8 heteroatoms. The van der Waals surface area contributed by atoms with Crippen LogP contribution in [0, 0.1) is 0 Å². The van der Waals surface area contributed by atoms with Crippen LogP contribution < -0.4 is 0 Å². The lowest BCUT2D eigenvalue weighted by atomic mass is 10.1. The van der Waals surface area contributed by atoms with Gasteiger partial charge in [0, 0.05) is 6.61 Å². The molecule has 0 saturated carbocycles. The van der Waals surface area contributed by atoms with E-state index in [0.29, 0.717) is 0 Å². The quantitative estimate of drug-likeness (QED) is 0.303. The van der Waals surface area contributed by atoms with Crippen LogP contribution in [0.15, 0.2) is 0 Å². The SMILES string of the molecule is CC(O)CCCCCO.O=C(O)C(O)C(O)C(=O)O. The second-order valence-corrected chi connectivity index (χ2v) is 3.99. The molecule has 0 aliphatic heterocycles. The van der Waals surface area contributed by atoms with Crippen LogP contribution in [0.1, 0.15) is 32.6 Å². The minimum atomic E-state index is -2.27. The van der Waals surface area contributed by atoms with Crippen LogP contribution in [-0.4, -0.2) is 67.5 Å². The summed E-state index contributed by atoms with van der Waals surface area (Å²) in [5.74, 6) is -3.54. The molecule has 0 fully saturated rings. The lowest BCUT2D eigenvalue weighted by molar-refractivity contribution is -0.165. The summed E-state index contributed by atoms with van der Waals surface area (Å²) >= 11 is 0. The third-order valence-corrected chi connectivity index (χ3v) is 2.09. The first-order valence-corrected chi connectivity index (χ1v) is 5.84. The molecule has 3 atom stereocenters. The number of hydrogen-bond donors (Lipinski definition) is 6. The van der Waals surface area contributed by atoms with Gasteiger partial charge in [0.1, 0.15) is 0 Å². The molecular formula is C11H22O8. The summed E-state index contributed by atoms with van der Waals surface area (Å²) in [6, 6.07) is 0. The van der Waals surface area contributed by atoms with E-state index in [2.05, 4.69) is 0 Å². The molecule has 0 aliphatic carbocycles. The molecule has 0 saturated heterocycles. The first-order chi connectivity index (χ1) is 8.73. The van der Waals surface area contributed by atoms with E-state index in [1.165, 1.54) is 0 Å². The van der Waals surface area contributed by atoms with Crippen LogP contribution >= 0.6 is 0 Å².